The van der Waals surface area contributed by atoms with Gasteiger partial charge in [0.2, 0.25) is 0 Å². The first-order valence-corrected chi connectivity index (χ1v) is 2.22. The van der Waals surface area contributed by atoms with Gasteiger partial charge in [-0.3, -0.25) is 4.90 Å². The number of nitrogens with zero attached hydrogens (tertiary/aromatic N) is 2. The summed E-state index contributed by atoms with van der Waals surface area (Å²) in [6, 6.07) is 0. The van der Waals surface area contributed by atoms with Crippen LogP contribution in [-0.2, 0) is 0 Å². The van der Waals surface area contributed by atoms with Gasteiger partial charge in [-0.1, -0.05) is 0 Å². The summed E-state index contributed by atoms with van der Waals surface area (Å²) in [5.41, 5.74) is 2.88. The summed E-state index contributed by atoms with van der Waals surface area (Å²) in [6.45, 7) is 3.80. The number of hydrogen-bond acceptors (Lipinski definition) is 3. The summed E-state index contributed by atoms with van der Waals surface area (Å²) in [5, 5.41) is 1.94. The van der Waals surface area contributed by atoms with Gasteiger partial charge in [0.05, 0.1) is 6.67 Å². The molecule has 0 amide bonds. The van der Waals surface area contributed by atoms with Crippen LogP contribution in [0.2, 0.25) is 0 Å². The van der Waals surface area contributed by atoms with Gasteiger partial charge in [-0.05, 0) is 7.05 Å². The number of rotatable bonds is 0. The van der Waals surface area contributed by atoms with Crippen LogP contribution in [0.5, 0.6) is 0 Å². The molecule has 40 valence electrons. The van der Waals surface area contributed by atoms with Crippen molar-refractivity contribution >= 4 is 0 Å². The molecule has 1 rings (SSSR count). The largest absolute Gasteiger partial charge is 0.267 e. The zero-order valence-corrected chi connectivity index (χ0v) is 4.60. The fourth-order valence-corrected chi connectivity index (χ4v) is 0.560. The van der Waals surface area contributed by atoms with Crippen LogP contribution in [0.3, 0.4) is 0 Å². The van der Waals surface area contributed by atoms with Gasteiger partial charge in [-0.15, -0.1) is 0 Å². The standard InChI is InChI=1S/C4H9N3/c1-6-3-5-7(2)4-6/h5H,4H2,1-2H3. The third-order valence-corrected chi connectivity index (χ3v) is 0.856. The Kier molecular flexibility index (Phi) is 1.27. The number of nitrogens with one attached hydrogen (secondary N) is 1. The summed E-state index contributed by atoms with van der Waals surface area (Å²) in [7, 11) is 3.94. The second-order valence-corrected chi connectivity index (χ2v) is 1.76. The molecule has 1 fully saturated rings. The maximum atomic E-state index is 2.88. The van der Waals surface area contributed by atoms with Gasteiger partial charge in [-0.25, -0.2) is 10.4 Å². The molecule has 3 nitrogen and oxygen atoms in total. The molecule has 1 aliphatic rings. The third kappa shape index (κ3) is 1.12. The SMILES string of the molecule is CN1[C]NN(C)C1. The van der Waals surface area contributed by atoms with Gasteiger partial charge in [0.15, 0.2) is 6.67 Å². The highest BCUT2D eigenvalue weighted by Crippen LogP contribution is 1.93. The van der Waals surface area contributed by atoms with Crippen molar-refractivity contribution in [3.63, 3.8) is 0 Å². The lowest BCUT2D eigenvalue weighted by molar-refractivity contribution is 0.283. The maximum Gasteiger partial charge on any atom is 0.159 e. The molecule has 0 atom stereocenters. The van der Waals surface area contributed by atoms with E-state index in [4.69, 9.17) is 0 Å². The molecule has 0 aromatic rings. The fourth-order valence-electron chi connectivity index (χ4n) is 0.560. The van der Waals surface area contributed by atoms with E-state index in [9.17, 15) is 0 Å². The molecule has 3 heteroatoms. The molecular weight excluding hydrogens is 90.1 g/mol. The molecule has 1 aliphatic heterocycles. The number of hydrogen-bond donors (Lipinski definition) is 1. The molecule has 1 saturated heterocycles. The van der Waals surface area contributed by atoms with E-state index in [1.54, 1.807) is 0 Å². The summed E-state index contributed by atoms with van der Waals surface area (Å²) < 4.78 is 0. The molecule has 0 aliphatic carbocycles. The molecule has 1 N–H and O–H groups in total. The Morgan fingerprint density at radius 2 is 2.29 bits per heavy atom. The van der Waals surface area contributed by atoms with E-state index in [0.29, 0.717) is 0 Å². The topological polar surface area (TPSA) is 18.5 Å². The fraction of sp³-hybridized carbons (Fsp3) is 0.750. The summed E-state index contributed by atoms with van der Waals surface area (Å²) >= 11 is 0. The van der Waals surface area contributed by atoms with E-state index >= 15 is 0 Å². The first-order valence-electron chi connectivity index (χ1n) is 2.22. The van der Waals surface area contributed by atoms with Crippen molar-refractivity contribution in [2.24, 2.45) is 0 Å². The number of hydrazine groups is 1. The lowest BCUT2D eigenvalue weighted by Gasteiger charge is -2.04. The second-order valence-electron chi connectivity index (χ2n) is 1.76. The Morgan fingerprint density at radius 3 is 2.43 bits per heavy atom. The molecule has 0 bridgehead atoms. The normalized spacial score (nSPS) is 26.6. The Labute approximate surface area is 43.9 Å². The van der Waals surface area contributed by atoms with E-state index in [-0.39, 0.29) is 0 Å². The zero-order valence-electron chi connectivity index (χ0n) is 4.60. The van der Waals surface area contributed by atoms with E-state index in [1.165, 1.54) is 0 Å². The minimum absolute atomic E-state index is 0.917. The lowest BCUT2D eigenvalue weighted by Crippen LogP contribution is -2.24. The molecule has 0 saturated carbocycles. The molecule has 7 heavy (non-hydrogen) atoms. The highest BCUT2D eigenvalue weighted by atomic mass is 15.6. The lowest BCUT2D eigenvalue weighted by atomic mass is 10.9. The van der Waals surface area contributed by atoms with Gasteiger partial charge >= 0.3 is 0 Å². The van der Waals surface area contributed by atoms with Crippen molar-refractivity contribution in [2.45, 2.75) is 0 Å². The van der Waals surface area contributed by atoms with Crippen molar-refractivity contribution in [3.8, 4) is 0 Å². The van der Waals surface area contributed by atoms with Crippen LogP contribution in [0.15, 0.2) is 0 Å². The Bertz CT molecular complexity index is 56.0. The first kappa shape index (κ1) is 5.03. The van der Waals surface area contributed by atoms with Crippen LogP contribution >= 0.6 is 0 Å². The average Bonchev–Trinajstić information content (AvgIpc) is 1.87. The monoisotopic (exact) mass is 99.1 g/mol. The van der Waals surface area contributed by atoms with Crippen LogP contribution < -0.4 is 5.43 Å². The van der Waals surface area contributed by atoms with Crippen LogP contribution in [0.25, 0.3) is 0 Å². The Hall–Kier alpha value is -0.120. The summed E-state index contributed by atoms with van der Waals surface area (Å²) in [4.78, 5) is 1.94. The zero-order chi connectivity index (χ0) is 5.28. The van der Waals surface area contributed by atoms with Crippen LogP contribution in [-0.4, -0.2) is 30.7 Å². The van der Waals surface area contributed by atoms with Crippen LogP contribution in [0.4, 0.5) is 0 Å². The Morgan fingerprint density at radius 1 is 1.57 bits per heavy atom. The summed E-state index contributed by atoms with van der Waals surface area (Å²) in [6.07, 6.45) is 0. The van der Waals surface area contributed by atoms with Gasteiger partial charge in [0.1, 0.15) is 0 Å². The molecular formula is C4H9N3. The van der Waals surface area contributed by atoms with Gasteiger partial charge in [0, 0.05) is 7.05 Å². The minimum atomic E-state index is 0.917. The van der Waals surface area contributed by atoms with E-state index < -0.39 is 0 Å². The van der Waals surface area contributed by atoms with E-state index in [0.717, 1.165) is 6.67 Å². The van der Waals surface area contributed by atoms with Gasteiger partial charge < -0.3 is 0 Å². The molecule has 1 heterocycles. The highest BCUT2D eigenvalue weighted by Gasteiger charge is 2.10. The highest BCUT2D eigenvalue weighted by molar-refractivity contribution is 4.65. The van der Waals surface area contributed by atoms with Crippen molar-refractivity contribution in [2.75, 3.05) is 20.8 Å². The quantitative estimate of drug-likeness (QED) is 0.434. The molecule has 0 unspecified atom stereocenters. The molecule has 0 aromatic heterocycles. The maximum absolute atomic E-state index is 2.88. The van der Waals surface area contributed by atoms with Gasteiger partial charge in [-0.2, -0.15) is 0 Å². The predicted molar refractivity (Wildman–Crippen MR) is 26.8 cm³/mol. The first-order chi connectivity index (χ1) is 3.29. The third-order valence-electron chi connectivity index (χ3n) is 0.856. The Balaban J connectivity index is 2.26. The van der Waals surface area contributed by atoms with Crippen LogP contribution in [0.1, 0.15) is 0 Å². The van der Waals surface area contributed by atoms with Crippen molar-refractivity contribution in [1.82, 2.24) is 15.3 Å². The van der Waals surface area contributed by atoms with Crippen molar-refractivity contribution in [1.29, 1.82) is 0 Å². The van der Waals surface area contributed by atoms with E-state index in [2.05, 4.69) is 12.1 Å². The molecule has 2 radical (unpaired) electrons. The molecule has 0 spiro atoms. The average molecular weight is 99.1 g/mol. The van der Waals surface area contributed by atoms with Crippen molar-refractivity contribution in [3.05, 3.63) is 6.67 Å². The van der Waals surface area contributed by atoms with Gasteiger partial charge in [0.25, 0.3) is 0 Å². The second kappa shape index (κ2) is 1.78. The van der Waals surface area contributed by atoms with Crippen molar-refractivity contribution < 1.29 is 0 Å². The minimum Gasteiger partial charge on any atom is -0.267 e. The summed E-state index contributed by atoms with van der Waals surface area (Å²) in [5.74, 6) is 0. The molecule has 0 aromatic carbocycles. The van der Waals surface area contributed by atoms with Crippen LogP contribution in [0, 0.1) is 6.67 Å². The predicted octanol–water partition coefficient (Wildman–Crippen LogP) is -0.678. The van der Waals surface area contributed by atoms with E-state index in [1.807, 2.05) is 24.0 Å². The smallest absolute Gasteiger partial charge is 0.159 e.